The average Bonchev–Trinajstić information content (AvgIpc) is 3.01. The predicted molar refractivity (Wildman–Crippen MR) is 58.5 cm³/mol. The fourth-order valence-electron chi connectivity index (χ4n) is 1.87. The zero-order valence-electron chi connectivity index (χ0n) is 8.12. The van der Waals surface area contributed by atoms with Gasteiger partial charge >= 0.3 is 0 Å². The molecule has 1 saturated carbocycles. The summed E-state index contributed by atoms with van der Waals surface area (Å²) in [6.07, 6.45) is 3.57. The van der Waals surface area contributed by atoms with Crippen molar-refractivity contribution in [3.05, 3.63) is 34.9 Å². The SMILES string of the molecule is OCC(Cc1ccc(Cl)cc1)C1CC1. The molecule has 14 heavy (non-hydrogen) atoms. The third-order valence-corrected chi connectivity index (χ3v) is 3.19. The molecule has 1 aliphatic carbocycles. The molecule has 0 bridgehead atoms. The molecule has 0 radical (unpaired) electrons. The molecule has 1 N–H and O–H groups in total. The van der Waals surface area contributed by atoms with Crippen molar-refractivity contribution in [2.45, 2.75) is 19.3 Å². The van der Waals surface area contributed by atoms with Crippen molar-refractivity contribution < 1.29 is 5.11 Å². The molecular weight excluding hydrogens is 196 g/mol. The summed E-state index contributed by atoms with van der Waals surface area (Å²) in [7, 11) is 0. The van der Waals surface area contributed by atoms with Crippen LogP contribution in [-0.2, 0) is 6.42 Å². The highest BCUT2D eigenvalue weighted by molar-refractivity contribution is 6.30. The molecule has 1 unspecified atom stereocenters. The van der Waals surface area contributed by atoms with Crippen LogP contribution in [0.2, 0.25) is 5.02 Å². The van der Waals surface area contributed by atoms with Crippen LogP contribution in [0, 0.1) is 11.8 Å². The van der Waals surface area contributed by atoms with E-state index in [2.05, 4.69) is 0 Å². The van der Waals surface area contributed by atoms with Gasteiger partial charge in [-0.25, -0.2) is 0 Å². The summed E-state index contributed by atoms with van der Waals surface area (Å²) >= 11 is 5.81. The van der Waals surface area contributed by atoms with Crippen LogP contribution in [0.4, 0.5) is 0 Å². The van der Waals surface area contributed by atoms with Crippen LogP contribution in [0.1, 0.15) is 18.4 Å². The van der Waals surface area contributed by atoms with Crippen LogP contribution >= 0.6 is 11.6 Å². The minimum Gasteiger partial charge on any atom is -0.396 e. The van der Waals surface area contributed by atoms with Crippen LogP contribution in [0.3, 0.4) is 0 Å². The fraction of sp³-hybridized carbons (Fsp3) is 0.500. The molecule has 1 aromatic carbocycles. The van der Waals surface area contributed by atoms with E-state index in [-0.39, 0.29) is 0 Å². The van der Waals surface area contributed by atoms with E-state index >= 15 is 0 Å². The molecule has 0 aromatic heterocycles. The number of hydrogen-bond acceptors (Lipinski definition) is 1. The summed E-state index contributed by atoms with van der Waals surface area (Å²) in [6.45, 7) is 0.313. The first-order valence-electron chi connectivity index (χ1n) is 5.15. The maximum atomic E-state index is 9.23. The van der Waals surface area contributed by atoms with Crippen LogP contribution in [0.25, 0.3) is 0 Å². The predicted octanol–water partition coefficient (Wildman–Crippen LogP) is 2.90. The van der Waals surface area contributed by atoms with Crippen LogP contribution in [-0.4, -0.2) is 11.7 Å². The lowest BCUT2D eigenvalue weighted by Crippen LogP contribution is -2.11. The summed E-state index contributed by atoms with van der Waals surface area (Å²) in [5, 5.41) is 10.0. The Morgan fingerprint density at radius 1 is 1.29 bits per heavy atom. The first-order chi connectivity index (χ1) is 6.79. The van der Waals surface area contributed by atoms with E-state index in [4.69, 9.17) is 11.6 Å². The Morgan fingerprint density at radius 3 is 2.43 bits per heavy atom. The number of benzene rings is 1. The van der Waals surface area contributed by atoms with Crippen molar-refractivity contribution in [2.75, 3.05) is 6.61 Å². The number of halogens is 1. The van der Waals surface area contributed by atoms with Crippen molar-refractivity contribution >= 4 is 11.6 Å². The lowest BCUT2D eigenvalue weighted by Gasteiger charge is -2.12. The van der Waals surface area contributed by atoms with Gasteiger partial charge in [0.1, 0.15) is 0 Å². The normalized spacial score (nSPS) is 18.1. The van der Waals surface area contributed by atoms with Crippen molar-refractivity contribution in [3.63, 3.8) is 0 Å². The second kappa shape index (κ2) is 4.33. The molecule has 0 heterocycles. The van der Waals surface area contributed by atoms with Crippen molar-refractivity contribution in [1.82, 2.24) is 0 Å². The van der Waals surface area contributed by atoms with Gasteiger partial charge in [0.15, 0.2) is 0 Å². The molecule has 1 atom stereocenters. The second-order valence-corrected chi connectivity index (χ2v) is 4.55. The molecule has 0 saturated heterocycles. The van der Waals surface area contributed by atoms with E-state index < -0.39 is 0 Å². The Bertz CT molecular complexity index is 290. The highest BCUT2D eigenvalue weighted by Crippen LogP contribution is 2.38. The first kappa shape index (κ1) is 10.0. The molecule has 0 spiro atoms. The standard InChI is InChI=1S/C12H15ClO/c13-12-5-1-9(2-6-12)7-11(8-14)10-3-4-10/h1-2,5-6,10-11,14H,3-4,7-8H2. The fourth-order valence-corrected chi connectivity index (χ4v) is 2.00. The summed E-state index contributed by atoms with van der Waals surface area (Å²) in [4.78, 5) is 0. The van der Waals surface area contributed by atoms with Gasteiger partial charge in [-0.15, -0.1) is 0 Å². The van der Waals surface area contributed by atoms with Crippen molar-refractivity contribution in [2.24, 2.45) is 11.8 Å². The average molecular weight is 211 g/mol. The van der Waals surface area contributed by atoms with E-state index in [1.807, 2.05) is 24.3 Å². The molecule has 0 amide bonds. The lowest BCUT2D eigenvalue weighted by molar-refractivity contribution is 0.209. The van der Waals surface area contributed by atoms with E-state index in [9.17, 15) is 5.11 Å². The minimum atomic E-state index is 0.313. The molecule has 1 nitrogen and oxygen atoms in total. The maximum absolute atomic E-state index is 9.23. The van der Waals surface area contributed by atoms with Crippen LogP contribution in [0.5, 0.6) is 0 Å². The van der Waals surface area contributed by atoms with Gasteiger partial charge in [0.25, 0.3) is 0 Å². The molecular formula is C12H15ClO. The Kier molecular flexibility index (Phi) is 3.09. The van der Waals surface area contributed by atoms with E-state index in [0.29, 0.717) is 12.5 Å². The van der Waals surface area contributed by atoms with Gasteiger partial charge in [-0.2, -0.15) is 0 Å². The van der Waals surface area contributed by atoms with Gasteiger partial charge in [0.05, 0.1) is 0 Å². The smallest absolute Gasteiger partial charge is 0.0465 e. The van der Waals surface area contributed by atoms with E-state index in [0.717, 1.165) is 17.4 Å². The van der Waals surface area contributed by atoms with Crippen LogP contribution < -0.4 is 0 Å². The number of rotatable bonds is 4. The highest BCUT2D eigenvalue weighted by Gasteiger charge is 2.30. The van der Waals surface area contributed by atoms with E-state index in [1.54, 1.807) is 0 Å². The summed E-state index contributed by atoms with van der Waals surface area (Å²) < 4.78 is 0. The van der Waals surface area contributed by atoms with Crippen molar-refractivity contribution in [1.29, 1.82) is 0 Å². The highest BCUT2D eigenvalue weighted by atomic mass is 35.5. The molecule has 1 aliphatic rings. The lowest BCUT2D eigenvalue weighted by atomic mass is 9.96. The molecule has 76 valence electrons. The third kappa shape index (κ3) is 2.49. The zero-order valence-corrected chi connectivity index (χ0v) is 8.87. The number of aliphatic hydroxyl groups excluding tert-OH is 1. The Hall–Kier alpha value is -0.530. The molecule has 1 aromatic rings. The summed E-state index contributed by atoms with van der Waals surface area (Å²) in [6, 6.07) is 7.93. The molecule has 2 heteroatoms. The van der Waals surface area contributed by atoms with Gasteiger partial charge < -0.3 is 5.11 Å². The number of hydrogen-bond donors (Lipinski definition) is 1. The first-order valence-corrected chi connectivity index (χ1v) is 5.52. The Labute approximate surface area is 89.7 Å². The van der Waals surface area contributed by atoms with Gasteiger partial charge in [-0.1, -0.05) is 23.7 Å². The van der Waals surface area contributed by atoms with Crippen LogP contribution in [0.15, 0.2) is 24.3 Å². The minimum absolute atomic E-state index is 0.313. The summed E-state index contributed by atoms with van der Waals surface area (Å²) in [5.74, 6) is 1.21. The van der Waals surface area contributed by atoms with Crippen molar-refractivity contribution in [3.8, 4) is 0 Å². The molecule has 2 rings (SSSR count). The Morgan fingerprint density at radius 2 is 1.93 bits per heavy atom. The third-order valence-electron chi connectivity index (χ3n) is 2.93. The quantitative estimate of drug-likeness (QED) is 0.811. The monoisotopic (exact) mass is 210 g/mol. The largest absolute Gasteiger partial charge is 0.396 e. The molecule has 0 aliphatic heterocycles. The maximum Gasteiger partial charge on any atom is 0.0465 e. The van der Waals surface area contributed by atoms with Gasteiger partial charge in [0, 0.05) is 11.6 Å². The Balaban J connectivity index is 1.98. The number of aliphatic hydroxyl groups is 1. The summed E-state index contributed by atoms with van der Waals surface area (Å²) in [5.41, 5.74) is 1.28. The van der Waals surface area contributed by atoms with Gasteiger partial charge in [-0.3, -0.25) is 0 Å². The molecule has 1 fully saturated rings. The van der Waals surface area contributed by atoms with Gasteiger partial charge in [-0.05, 0) is 48.8 Å². The second-order valence-electron chi connectivity index (χ2n) is 4.11. The zero-order chi connectivity index (χ0) is 9.97. The topological polar surface area (TPSA) is 20.2 Å². The van der Waals surface area contributed by atoms with Gasteiger partial charge in [0.2, 0.25) is 0 Å². The van der Waals surface area contributed by atoms with E-state index in [1.165, 1.54) is 18.4 Å².